The summed E-state index contributed by atoms with van der Waals surface area (Å²) in [6, 6.07) is 7.24. The number of aromatic nitrogens is 2. The fourth-order valence-corrected chi connectivity index (χ4v) is 1.93. The minimum Gasteiger partial charge on any atom is -0.397 e. The number of rotatable bonds is 5. The van der Waals surface area contributed by atoms with E-state index in [-0.39, 0.29) is 0 Å². The van der Waals surface area contributed by atoms with Gasteiger partial charge in [-0.2, -0.15) is 0 Å². The van der Waals surface area contributed by atoms with Gasteiger partial charge in [-0.3, -0.25) is 9.78 Å². The number of carbonyl (C=O) groups excluding carboxylic acids is 1. The molecule has 0 bridgehead atoms. The molecule has 0 aliphatic carbocycles. The predicted octanol–water partition coefficient (Wildman–Crippen LogP) is 1.18. The van der Waals surface area contributed by atoms with Crippen LogP contribution in [0.5, 0.6) is 0 Å². The highest BCUT2D eigenvalue weighted by atomic mass is 16.1. The van der Waals surface area contributed by atoms with E-state index in [1.54, 1.807) is 12.3 Å². The number of carbonyl (C=O) groups is 1. The van der Waals surface area contributed by atoms with Crippen LogP contribution in [0.4, 0.5) is 11.5 Å². The van der Waals surface area contributed by atoms with Crippen LogP contribution in [0.3, 0.4) is 0 Å². The molecule has 2 aromatic rings. The largest absolute Gasteiger partial charge is 0.397 e. The summed E-state index contributed by atoms with van der Waals surface area (Å²) in [4.78, 5) is 22.0. The van der Waals surface area contributed by atoms with Gasteiger partial charge in [-0.15, -0.1) is 0 Å². The topological polar surface area (TPSA) is 98.1 Å². The van der Waals surface area contributed by atoms with Crippen LogP contribution in [0, 0.1) is 0 Å². The van der Waals surface area contributed by atoms with Crippen molar-refractivity contribution < 1.29 is 4.79 Å². The van der Waals surface area contributed by atoms with Gasteiger partial charge in [0.1, 0.15) is 5.82 Å². The van der Waals surface area contributed by atoms with E-state index in [1.807, 2.05) is 30.0 Å². The molecule has 0 atom stereocenters. The van der Waals surface area contributed by atoms with Crippen LogP contribution in [-0.2, 0) is 6.54 Å². The van der Waals surface area contributed by atoms with Crippen LogP contribution in [0.25, 0.3) is 0 Å². The molecule has 0 aliphatic heterocycles. The second-order valence-corrected chi connectivity index (χ2v) is 4.34. The Hall–Kier alpha value is -2.63. The van der Waals surface area contributed by atoms with E-state index >= 15 is 0 Å². The summed E-state index contributed by atoms with van der Waals surface area (Å²) in [6.45, 7) is 3.20. The van der Waals surface area contributed by atoms with Crippen molar-refractivity contribution in [3.05, 3.63) is 47.9 Å². The molecule has 0 aliphatic rings. The van der Waals surface area contributed by atoms with E-state index in [0.717, 1.165) is 5.69 Å². The Morgan fingerprint density at radius 2 is 2.15 bits per heavy atom. The van der Waals surface area contributed by atoms with Gasteiger partial charge in [0.25, 0.3) is 5.91 Å². The molecule has 0 saturated heterocycles. The molecule has 104 valence electrons. The van der Waals surface area contributed by atoms with E-state index < -0.39 is 5.91 Å². The predicted molar refractivity (Wildman–Crippen MR) is 78.1 cm³/mol. The van der Waals surface area contributed by atoms with Gasteiger partial charge in [0.15, 0.2) is 0 Å². The number of hydrogen-bond donors (Lipinski definition) is 2. The molecule has 0 radical (unpaired) electrons. The number of hydrogen-bond acceptors (Lipinski definition) is 5. The van der Waals surface area contributed by atoms with Gasteiger partial charge in [0.05, 0.1) is 29.7 Å². The maximum absolute atomic E-state index is 11.5. The summed E-state index contributed by atoms with van der Waals surface area (Å²) in [7, 11) is 0. The molecule has 0 spiro atoms. The number of nitrogen functional groups attached to an aromatic ring is 1. The van der Waals surface area contributed by atoms with Crippen molar-refractivity contribution in [2.45, 2.75) is 13.5 Å². The maximum atomic E-state index is 11.5. The van der Waals surface area contributed by atoms with Crippen molar-refractivity contribution in [1.82, 2.24) is 9.97 Å². The van der Waals surface area contributed by atoms with E-state index in [2.05, 4.69) is 9.97 Å². The molecule has 0 saturated carbocycles. The van der Waals surface area contributed by atoms with Gasteiger partial charge in [-0.1, -0.05) is 6.07 Å². The Balaban J connectivity index is 2.34. The van der Waals surface area contributed by atoms with Gasteiger partial charge in [-0.25, -0.2) is 4.98 Å². The molecule has 20 heavy (non-hydrogen) atoms. The molecule has 6 nitrogen and oxygen atoms in total. The Bertz CT molecular complexity index is 600. The molecule has 1 amide bonds. The molecular weight excluding hydrogens is 254 g/mol. The standard InChI is InChI=1S/C14H17N5O/c1-2-19(9-11-5-3-4-6-17-11)14-12(13(16)20)7-10(15)8-18-14/h3-8H,2,9,15H2,1H3,(H2,16,20). The quantitative estimate of drug-likeness (QED) is 0.851. The number of primary amides is 1. The summed E-state index contributed by atoms with van der Waals surface area (Å²) in [5.41, 5.74) is 12.7. The third-order valence-electron chi connectivity index (χ3n) is 2.91. The molecule has 0 fully saturated rings. The zero-order valence-electron chi connectivity index (χ0n) is 11.3. The van der Waals surface area contributed by atoms with E-state index in [4.69, 9.17) is 11.5 Å². The second-order valence-electron chi connectivity index (χ2n) is 4.34. The van der Waals surface area contributed by atoms with E-state index in [9.17, 15) is 4.79 Å². The zero-order valence-corrected chi connectivity index (χ0v) is 11.3. The Morgan fingerprint density at radius 3 is 2.75 bits per heavy atom. The lowest BCUT2D eigenvalue weighted by Crippen LogP contribution is -2.27. The van der Waals surface area contributed by atoms with Crippen molar-refractivity contribution in [3.8, 4) is 0 Å². The highest BCUT2D eigenvalue weighted by Gasteiger charge is 2.16. The molecular formula is C14H17N5O. The number of nitrogens with zero attached hydrogens (tertiary/aromatic N) is 3. The first-order chi connectivity index (χ1) is 9.61. The first-order valence-electron chi connectivity index (χ1n) is 6.32. The maximum Gasteiger partial charge on any atom is 0.252 e. The average molecular weight is 271 g/mol. The lowest BCUT2D eigenvalue weighted by atomic mass is 10.2. The van der Waals surface area contributed by atoms with Crippen molar-refractivity contribution in [1.29, 1.82) is 0 Å². The number of pyridine rings is 2. The van der Waals surface area contributed by atoms with Crippen molar-refractivity contribution in [2.24, 2.45) is 5.73 Å². The normalized spacial score (nSPS) is 10.2. The van der Waals surface area contributed by atoms with E-state index in [1.165, 1.54) is 6.20 Å². The highest BCUT2D eigenvalue weighted by molar-refractivity contribution is 5.98. The molecule has 6 heteroatoms. The Labute approximate surface area is 117 Å². The van der Waals surface area contributed by atoms with E-state index in [0.29, 0.717) is 30.2 Å². The monoisotopic (exact) mass is 271 g/mol. The molecule has 0 unspecified atom stereocenters. The third kappa shape index (κ3) is 3.03. The lowest BCUT2D eigenvalue weighted by molar-refractivity contribution is 0.100. The van der Waals surface area contributed by atoms with Crippen molar-refractivity contribution >= 4 is 17.4 Å². The average Bonchev–Trinajstić information content (AvgIpc) is 2.46. The van der Waals surface area contributed by atoms with Gasteiger partial charge < -0.3 is 16.4 Å². The first-order valence-corrected chi connectivity index (χ1v) is 6.32. The first kappa shape index (κ1) is 13.8. The van der Waals surface area contributed by atoms with Gasteiger partial charge in [0, 0.05) is 12.7 Å². The summed E-state index contributed by atoms with van der Waals surface area (Å²) in [6.07, 6.45) is 3.25. The van der Waals surface area contributed by atoms with Crippen molar-refractivity contribution in [2.75, 3.05) is 17.2 Å². The SMILES string of the molecule is CCN(Cc1ccccn1)c1ncc(N)cc1C(N)=O. The molecule has 2 aromatic heterocycles. The van der Waals surface area contributed by atoms with Gasteiger partial charge >= 0.3 is 0 Å². The van der Waals surface area contributed by atoms with Crippen LogP contribution < -0.4 is 16.4 Å². The molecule has 0 aromatic carbocycles. The second kappa shape index (κ2) is 6.01. The fraction of sp³-hybridized carbons (Fsp3) is 0.214. The third-order valence-corrected chi connectivity index (χ3v) is 2.91. The van der Waals surface area contributed by atoms with Gasteiger partial charge in [-0.05, 0) is 25.1 Å². The zero-order chi connectivity index (χ0) is 14.5. The smallest absolute Gasteiger partial charge is 0.252 e. The minimum absolute atomic E-state index is 0.322. The summed E-state index contributed by atoms with van der Waals surface area (Å²) in [5.74, 6) is -0.0147. The molecule has 4 N–H and O–H groups in total. The summed E-state index contributed by atoms with van der Waals surface area (Å²) < 4.78 is 0. The number of nitrogens with two attached hydrogens (primary N) is 2. The Morgan fingerprint density at radius 1 is 1.35 bits per heavy atom. The molecule has 2 heterocycles. The summed E-state index contributed by atoms with van der Waals surface area (Å²) in [5, 5.41) is 0. The van der Waals surface area contributed by atoms with Crippen LogP contribution in [-0.4, -0.2) is 22.4 Å². The van der Waals surface area contributed by atoms with Crippen molar-refractivity contribution in [3.63, 3.8) is 0 Å². The highest BCUT2D eigenvalue weighted by Crippen LogP contribution is 2.21. The van der Waals surface area contributed by atoms with Crippen LogP contribution >= 0.6 is 0 Å². The fourth-order valence-electron chi connectivity index (χ4n) is 1.93. The number of anilines is 2. The number of amides is 1. The lowest BCUT2D eigenvalue weighted by Gasteiger charge is -2.23. The summed E-state index contributed by atoms with van der Waals surface area (Å²) >= 11 is 0. The van der Waals surface area contributed by atoms with Gasteiger partial charge in [0.2, 0.25) is 0 Å². The Kier molecular flexibility index (Phi) is 4.14. The molecule has 2 rings (SSSR count). The van der Waals surface area contributed by atoms with Crippen LogP contribution in [0.15, 0.2) is 36.7 Å². The van der Waals surface area contributed by atoms with Crippen LogP contribution in [0.1, 0.15) is 23.0 Å². The van der Waals surface area contributed by atoms with Crippen LogP contribution in [0.2, 0.25) is 0 Å². The minimum atomic E-state index is -0.542.